The summed E-state index contributed by atoms with van der Waals surface area (Å²) in [5.41, 5.74) is 0. The van der Waals surface area contributed by atoms with Crippen LogP contribution in [0.4, 0.5) is 6.01 Å². The molecule has 3 heterocycles. The molecule has 0 radical (unpaired) electrons. The number of carbonyl (C=O) groups excluding carboxylic acids is 1. The molecule has 0 aromatic carbocycles. The largest absolute Gasteiger partial charge is 0.408 e. The lowest BCUT2D eigenvalue weighted by atomic mass is 9.96. The van der Waals surface area contributed by atoms with Crippen molar-refractivity contribution in [3.63, 3.8) is 0 Å². The fourth-order valence-corrected chi connectivity index (χ4v) is 4.20. The predicted molar refractivity (Wildman–Crippen MR) is 91.6 cm³/mol. The Balaban J connectivity index is 1.50. The van der Waals surface area contributed by atoms with Gasteiger partial charge in [-0.2, -0.15) is 0 Å². The molecule has 0 aliphatic carbocycles. The fraction of sp³-hybridized carbons (Fsp3) is 0.800. The Morgan fingerprint density at radius 1 is 1.12 bits per heavy atom. The Labute approximate surface area is 148 Å². The molecule has 10 heteroatoms. The van der Waals surface area contributed by atoms with E-state index in [0.29, 0.717) is 70.4 Å². The third kappa shape index (κ3) is 4.12. The molecule has 3 rings (SSSR count). The van der Waals surface area contributed by atoms with Crippen LogP contribution >= 0.6 is 0 Å². The third-order valence-electron chi connectivity index (χ3n) is 4.89. The van der Waals surface area contributed by atoms with E-state index in [-0.39, 0.29) is 11.8 Å². The molecule has 1 aromatic heterocycles. The highest BCUT2D eigenvalue weighted by Gasteiger charge is 2.33. The summed E-state index contributed by atoms with van der Waals surface area (Å²) >= 11 is 0. The van der Waals surface area contributed by atoms with E-state index in [9.17, 15) is 13.2 Å². The van der Waals surface area contributed by atoms with Gasteiger partial charge in [-0.05, 0) is 12.8 Å². The van der Waals surface area contributed by atoms with Gasteiger partial charge in [0.05, 0.1) is 6.26 Å². The second-order valence-electron chi connectivity index (χ2n) is 6.58. The van der Waals surface area contributed by atoms with Crippen LogP contribution in [0.15, 0.2) is 4.42 Å². The summed E-state index contributed by atoms with van der Waals surface area (Å²) < 4.78 is 30.1. The molecule has 1 amide bonds. The standard InChI is InChI=1S/C15H25N5O4S/c1-3-13-16-17-15(24-13)19-10-8-18(9-11-19)14(21)12-4-6-20(7-5-12)25(2,22)23/h12H,3-11H2,1-2H3. The van der Waals surface area contributed by atoms with Crippen molar-refractivity contribution in [2.24, 2.45) is 5.92 Å². The molecule has 0 saturated carbocycles. The van der Waals surface area contributed by atoms with Crippen LogP contribution in [0, 0.1) is 5.92 Å². The Kier molecular flexibility index (Phi) is 5.28. The van der Waals surface area contributed by atoms with Crippen molar-refractivity contribution in [2.45, 2.75) is 26.2 Å². The molecule has 25 heavy (non-hydrogen) atoms. The molecule has 0 bridgehead atoms. The highest BCUT2D eigenvalue weighted by Crippen LogP contribution is 2.23. The number of aryl methyl sites for hydroxylation is 1. The van der Waals surface area contributed by atoms with Crippen molar-refractivity contribution < 1.29 is 17.6 Å². The van der Waals surface area contributed by atoms with Gasteiger partial charge in [0.2, 0.25) is 21.8 Å². The van der Waals surface area contributed by atoms with Gasteiger partial charge < -0.3 is 14.2 Å². The average Bonchev–Trinajstić information content (AvgIpc) is 3.10. The number of hydrogen-bond donors (Lipinski definition) is 0. The van der Waals surface area contributed by atoms with Crippen LogP contribution in [-0.4, -0.2) is 79.3 Å². The molecule has 2 saturated heterocycles. The maximum atomic E-state index is 12.7. The van der Waals surface area contributed by atoms with Gasteiger partial charge in [-0.25, -0.2) is 12.7 Å². The number of rotatable bonds is 4. The van der Waals surface area contributed by atoms with E-state index in [4.69, 9.17) is 4.42 Å². The van der Waals surface area contributed by atoms with Gasteiger partial charge in [0.15, 0.2) is 0 Å². The maximum Gasteiger partial charge on any atom is 0.318 e. The first-order valence-corrected chi connectivity index (χ1v) is 10.5. The lowest BCUT2D eigenvalue weighted by molar-refractivity contribution is -0.137. The van der Waals surface area contributed by atoms with Crippen LogP contribution in [0.5, 0.6) is 0 Å². The molecule has 2 aliphatic rings. The number of sulfonamides is 1. The van der Waals surface area contributed by atoms with E-state index in [1.807, 2.05) is 16.7 Å². The van der Waals surface area contributed by atoms with Gasteiger partial charge >= 0.3 is 6.01 Å². The summed E-state index contributed by atoms with van der Waals surface area (Å²) in [5.74, 6) is 0.665. The van der Waals surface area contributed by atoms with Crippen molar-refractivity contribution in [3.8, 4) is 0 Å². The number of anilines is 1. The first-order valence-electron chi connectivity index (χ1n) is 8.69. The van der Waals surface area contributed by atoms with E-state index in [1.54, 1.807) is 0 Å². The Hall–Kier alpha value is -1.68. The highest BCUT2D eigenvalue weighted by atomic mass is 32.2. The quantitative estimate of drug-likeness (QED) is 0.732. The molecular formula is C15H25N5O4S. The minimum Gasteiger partial charge on any atom is -0.408 e. The van der Waals surface area contributed by atoms with E-state index in [1.165, 1.54) is 10.6 Å². The van der Waals surface area contributed by atoms with Crippen LogP contribution in [0.1, 0.15) is 25.7 Å². The van der Waals surface area contributed by atoms with E-state index in [0.717, 1.165) is 0 Å². The average molecular weight is 371 g/mol. The molecule has 2 fully saturated rings. The second-order valence-corrected chi connectivity index (χ2v) is 8.56. The number of hydrogen-bond acceptors (Lipinski definition) is 7. The molecule has 0 unspecified atom stereocenters. The van der Waals surface area contributed by atoms with Crippen molar-refractivity contribution in [3.05, 3.63) is 5.89 Å². The second kappa shape index (κ2) is 7.28. The summed E-state index contributed by atoms with van der Waals surface area (Å²) in [6.45, 7) is 5.39. The molecule has 0 atom stereocenters. The summed E-state index contributed by atoms with van der Waals surface area (Å²) in [6, 6.07) is 0.519. The number of piperazine rings is 1. The number of nitrogens with zero attached hydrogens (tertiary/aromatic N) is 5. The molecule has 9 nitrogen and oxygen atoms in total. The SMILES string of the molecule is CCc1nnc(N2CCN(C(=O)C3CCN(S(C)(=O)=O)CC3)CC2)o1. The lowest BCUT2D eigenvalue weighted by Crippen LogP contribution is -2.52. The van der Waals surface area contributed by atoms with Crippen LogP contribution in [0.3, 0.4) is 0 Å². The predicted octanol–water partition coefficient (Wildman–Crippen LogP) is -0.0478. The molecule has 140 valence electrons. The summed E-state index contributed by atoms with van der Waals surface area (Å²) in [6.07, 6.45) is 3.11. The van der Waals surface area contributed by atoms with Gasteiger partial charge in [0.1, 0.15) is 0 Å². The lowest BCUT2D eigenvalue weighted by Gasteiger charge is -2.37. The number of carbonyl (C=O) groups is 1. The van der Waals surface area contributed by atoms with Crippen LogP contribution < -0.4 is 4.90 Å². The molecular weight excluding hydrogens is 346 g/mol. The molecule has 1 aromatic rings. The smallest absolute Gasteiger partial charge is 0.318 e. The number of aromatic nitrogens is 2. The van der Waals surface area contributed by atoms with Crippen LogP contribution in [-0.2, 0) is 21.2 Å². The topological polar surface area (TPSA) is 99.9 Å². The van der Waals surface area contributed by atoms with Crippen LogP contribution in [0.2, 0.25) is 0 Å². The van der Waals surface area contributed by atoms with Crippen molar-refractivity contribution in [2.75, 3.05) is 50.4 Å². The molecule has 0 N–H and O–H groups in total. The van der Waals surface area contributed by atoms with Gasteiger partial charge in [-0.3, -0.25) is 4.79 Å². The summed E-state index contributed by atoms with van der Waals surface area (Å²) in [5, 5.41) is 8.02. The van der Waals surface area contributed by atoms with Crippen molar-refractivity contribution in [1.82, 2.24) is 19.4 Å². The summed E-state index contributed by atoms with van der Waals surface area (Å²) in [4.78, 5) is 16.6. The van der Waals surface area contributed by atoms with E-state index >= 15 is 0 Å². The van der Waals surface area contributed by atoms with Gasteiger partial charge in [-0.1, -0.05) is 12.0 Å². The fourth-order valence-electron chi connectivity index (χ4n) is 3.33. The van der Waals surface area contributed by atoms with Crippen LogP contribution in [0.25, 0.3) is 0 Å². The van der Waals surface area contributed by atoms with E-state index < -0.39 is 10.0 Å². The minimum absolute atomic E-state index is 0.0837. The van der Waals surface area contributed by atoms with Gasteiger partial charge in [0, 0.05) is 51.6 Å². The highest BCUT2D eigenvalue weighted by molar-refractivity contribution is 7.88. The summed E-state index contributed by atoms with van der Waals surface area (Å²) in [7, 11) is -3.16. The first kappa shape index (κ1) is 18.1. The first-order chi connectivity index (χ1) is 11.9. The Morgan fingerprint density at radius 2 is 1.76 bits per heavy atom. The normalized spacial score (nSPS) is 20.9. The van der Waals surface area contributed by atoms with Crippen molar-refractivity contribution >= 4 is 21.9 Å². The number of amides is 1. The molecule has 0 spiro atoms. The van der Waals surface area contributed by atoms with Gasteiger partial charge in [-0.15, -0.1) is 5.10 Å². The number of piperidine rings is 1. The zero-order valence-corrected chi connectivity index (χ0v) is 15.5. The maximum absolute atomic E-state index is 12.7. The Bertz CT molecular complexity index is 703. The zero-order valence-electron chi connectivity index (χ0n) is 14.7. The Morgan fingerprint density at radius 3 is 2.28 bits per heavy atom. The minimum atomic E-state index is -3.16. The van der Waals surface area contributed by atoms with Crippen molar-refractivity contribution in [1.29, 1.82) is 0 Å². The van der Waals surface area contributed by atoms with E-state index in [2.05, 4.69) is 10.2 Å². The van der Waals surface area contributed by atoms with Gasteiger partial charge in [0.25, 0.3) is 0 Å². The zero-order chi connectivity index (χ0) is 18.0. The third-order valence-corrected chi connectivity index (χ3v) is 6.20. The molecule has 2 aliphatic heterocycles. The monoisotopic (exact) mass is 371 g/mol.